The van der Waals surface area contributed by atoms with Crippen molar-refractivity contribution < 1.29 is 14.6 Å². The van der Waals surface area contributed by atoms with Crippen molar-refractivity contribution >= 4 is 29.4 Å². The molecule has 0 saturated heterocycles. The van der Waals surface area contributed by atoms with E-state index in [1.165, 1.54) is 6.21 Å². The standard InChI is InChI=1S/C19H20N4O3/c1-3-26-19(18(24)25)9-15(10-20-12-19)14-7-8-16(21-11-14)23-17-6-4-5-13(2)22-17/h4-8,10-12H,3,9H2,1-2H3,(H,24,25)(H,21,22,23). The molecule has 0 aliphatic carbocycles. The summed E-state index contributed by atoms with van der Waals surface area (Å²) in [5.74, 6) is 0.319. The molecule has 0 fully saturated rings. The van der Waals surface area contributed by atoms with Gasteiger partial charge in [0.1, 0.15) is 11.6 Å². The molecule has 0 aromatic carbocycles. The number of aryl methyl sites for hydroxylation is 1. The summed E-state index contributed by atoms with van der Waals surface area (Å²) in [4.78, 5) is 24.5. The molecule has 26 heavy (non-hydrogen) atoms. The second-order valence-electron chi connectivity index (χ2n) is 5.96. The van der Waals surface area contributed by atoms with Crippen LogP contribution in [0.15, 0.2) is 47.7 Å². The summed E-state index contributed by atoms with van der Waals surface area (Å²) in [6, 6.07) is 9.40. The molecule has 2 aromatic heterocycles. The van der Waals surface area contributed by atoms with Gasteiger partial charge in [0.25, 0.3) is 0 Å². The first-order valence-electron chi connectivity index (χ1n) is 8.30. The lowest BCUT2D eigenvalue weighted by Crippen LogP contribution is -2.44. The van der Waals surface area contributed by atoms with Gasteiger partial charge >= 0.3 is 5.97 Å². The van der Waals surface area contributed by atoms with Crippen LogP contribution >= 0.6 is 0 Å². The van der Waals surface area contributed by atoms with Crippen molar-refractivity contribution in [3.8, 4) is 0 Å². The van der Waals surface area contributed by atoms with Gasteiger partial charge in [-0.05, 0) is 49.2 Å². The highest BCUT2D eigenvalue weighted by atomic mass is 16.5. The monoisotopic (exact) mass is 352 g/mol. The second kappa shape index (κ2) is 7.45. The summed E-state index contributed by atoms with van der Waals surface area (Å²) in [5.41, 5.74) is 1.05. The molecule has 1 aliphatic heterocycles. The summed E-state index contributed by atoms with van der Waals surface area (Å²) >= 11 is 0. The number of carboxylic acids is 1. The third kappa shape index (κ3) is 3.78. The highest BCUT2D eigenvalue weighted by Gasteiger charge is 2.40. The Bertz CT molecular complexity index is 861. The van der Waals surface area contributed by atoms with Gasteiger partial charge in [-0.25, -0.2) is 14.8 Å². The Hall–Kier alpha value is -3.06. The molecule has 7 nitrogen and oxygen atoms in total. The molecular weight excluding hydrogens is 332 g/mol. The van der Waals surface area contributed by atoms with E-state index >= 15 is 0 Å². The number of ether oxygens (including phenoxy) is 1. The van der Waals surface area contributed by atoms with Crippen LogP contribution in [0.3, 0.4) is 0 Å². The van der Waals surface area contributed by atoms with E-state index in [-0.39, 0.29) is 13.0 Å². The molecule has 3 rings (SSSR count). The second-order valence-corrected chi connectivity index (χ2v) is 5.96. The van der Waals surface area contributed by atoms with Crippen molar-refractivity contribution in [3.63, 3.8) is 0 Å². The Morgan fingerprint density at radius 3 is 2.81 bits per heavy atom. The molecule has 0 bridgehead atoms. The molecular formula is C19H20N4O3. The van der Waals surface area contributed by atoms with Crippen molar-refractivity contribution in [2.45, 2.75) is 25.9 Å². The van der Waals surface area contributed by atoms with Crippen molar-refractivity contribution in [1.82, 2.24) is 9.97 Å². The van der Waals surface area contributed by atoms with Crippen LogP contribution in [0.2, 0.25) is 0 Å². The maximum atomic E-state index is 11.7. The van der Waals surface area contributed by atoms with E-state index in [4.69, 9.17) is 4.74 Å². The summed E-state index contributed by atoms with van der Waals surface area (Å²) < 4.78 is 5.47. The number of nitrogens with one attached hydrogen (secondary N) is 1. The first kappa shape index (κ1) is 17.8. The zero-order chi connectivity index (χ0) is 18.6. The average molecular weight is 352 g/mol. The van der Waals surface area contributed by atoms with E-state index in [1.807, 2.05) is 37.3 Å². The molecule has 2 N–H and O–H groups in total. The van der Waals surface area contributed by atoms with Gasteiger partial charge in [0.05, 0.1) is 0 Å². The molecule has 1 aliphatic rings. The largest absolute Gasteiger partial charge is 0.479 e. The van der Waals surface area contributed by atoms with Gasteiger partial charge in [-0.15, -0.1) is 0 Å². The van der Waals surface area contributed by atoms with Crippen LogP contribution in [-0.4, -0.2) is 39.5 Å². The molecule has 7 heteroatoms. The van der Waals surface area contributed by atoms with Crippen LogP contribution in [-0.2, 0) is 9.53 Å². The Balaban J connectivity index is 1.77. The number of rotatable bonds is 6. The van der Waals surface area contributed by atoms with Gasteiger partial charge < -0.3 is 15.2 Å². The van der Waals surface area contributed by atoms with Gasteiger partial charge in [-0.2, -0.15) is 0 Å². The number of aliphatic carboxylic acids is 1. The first-order chi connectivity index (χ1) is 12.5. The van der Waals surface area contributed by atoms with Crippen LogP contribution in [0.25, 0.3) is 5.57 Å². The van der Waals surface area contributed by atoms with E-state index < -0.39 is 11.6 Å². The molecule has 0 saturated carbocycles. The van der Waals surface area contributed by atoms with Gasteiger partial charge in [0.2, 0.25) is 5.60 Å². The predicted octanol–water partition coefficient (Wildman–Crippen LogP) is 3.20. The minimum absolute atomic E-state index is 0.202. The third-order valence-electron chi connectivity index (χ3n) is 4.01. The number of nitrogens with zero attached hydrogens (tertiary/aromatic N) is 3. The molecule has 134 valence electrons. The third-order valence-corrected chi connectivity index (χ3v) is 4.01. The topological polar surface area (TPSA) is 96.7 Å². The number of carboxylic acid groups (broad SMARTS) is 1. The zero-order valence-corrected chi connectivity index (χ0v) is 14.6. The summed E-state index contributed by atoms with van der Waals surface area (Å²) in [6.07, 6.45) is 4.87. The van der Waals surface area contributed by atoms with Gasteiger partial charge in [0.15, 0.2) is 0 Å². The van der Waals surface area contributed by atoms with E-state index in [0.29, 0.717) is 11.6 Å². The lowest BCUT2D eigenvalue weighted by molar-refractivity contribution is -0.155. The van der Waals surface area contributed by atoms with Crippen LogP contribution in [0, 0.1) is 6.92 Å². The van der Waals surface area contributed by atoms with E-state index in [0.717, 1.165) is 16.8 Å². The zero-order valence-electron chi connectivity index (χ0n) is 14.6. The Kier molecular flexibility index (Phi) is 5.09. The maximum Gasteiger partial charge on any atom is 0.342 e. The fourth-order valence-electron chi connectivity index (χ4n) is 2.74. The highest BCUT2D eigenvalue weighted by Crippen LogP contribution is 2.30. The Morgan fingerprint density at radius 1 is 1.31 bits per heavy atom. The summed E-state index contributed by atoms with van der Waals surface area (Å²) in [6.45, 7) is 3.97. The smallest absolute Gasteiger partial charge is 0.342 e. The number of hydrogen-bond acceptors (Lipinski definition) is 6. The van der Waals surface area contributed by atoms with Crippen molar-refractivity contribution in [3.05, 3.63) is 54.0 Å². The molecule has 2 aromatic rings. The fraction of sp³-hybridized carbons (Fsp3) is 0.263. The van der Waals surface area contributed by atoms with Crippen LogP contribution in [0.4, 0.5) is 11.6 Å². The predicted molar refractivity (Wildman–Crippen MR) is 99.6 cm³/mol. The molecule has 1 atom stereocenters. The number of aromatic nitrogens is 2. The van der Waals surface area contributed by atoms with E-state index in [9.17, 15) is 9.90 Å². The first-order valence-corrected chi connectivity index (χ1v) is 8.30. The lowest BCUT2D eigenvalue weighted by Gasteiger charge is -2.28. The number of aliphatic imine (C=N–C) groups is 1. The average Bonchev–Trinajstić information content (AvgIpc) is 2.63. The molecule has 3 heterocycles. The van der Waals surface area contributed by atoms with E-state index in [1.54, 1.807) is 19.3 Å². The van der Waals surface area contributed by atoms with E-state index in [2.05, 4.69) is 20.3 Å². The highest BCUT2D eigenvalue weighted by molar-refractivity contribution is 6.01. The van der Waals surface area contributed by atoms with Crippen LogP contribution in [0.5, 0.6) is 0 Å². The lowest BCUT2D eigenvalue weighted by atomic mass is 9.90. The van der Waals surface area contributed by atoms with Crippen LogP contribution in [0.1, 0.15) is 24.6 Å². The SMILES string of the molecule is CCOC1(C(=O)O)C=NC=C(c2ccc(Nc3cccc(C)n3)nc2)C1. The van der Waals surface area contributed by atoms with Gasteiger partial charge in [0, 0.05) is 37.3 Å². The Morgan fingerprint density at radius 2 is 2.15 bits per heavy atom. The summed E-state index contributed by atoms with van der Waals surface area (Å²) in [5, 5.41) is 12.7. The fourth-order valence-corrected chi connectivity index (χ4v) is 2.74. The minimum Gasteiger partial charge on any atom is -0.479 e. The van der Waals surface area contributed by atoms with Crippen molar-refractivity contribution in [1.29, 1.82) is 0 Å². The van der Waals surface area contributed by atoms with Crippen molar-refractivity contribution in [2.75, 3.05) is 11.9 Å². The summed E-state index contributed by atoms with van der Waals surface area (Å²) in [7, 11) is 0. The Labute approximate surface area is 151 Å². The normalized spacial score (nSPS) is 19.1. The van der Waals surface area contributed by atoms with Gasteiger partial charge in [-0.1, -0.05) is 6.07 Å². The van der Waals surface area contributed by atoms with Crippen LogP contribution < -0.4 is 5.32 Å². The number of pyridine rings is 2. The molecule has 1 unspecified atom stereocenters. The minimum atomic E-state index is -1.43. The number of carbonyl (C=O) groups is 1. The molecule has 0 amide bonds. The number of anilines is 2. The van der Waals surface area contributed by atoms with Crippen molar-refractivity contribution in [2.24, 2.45) is 4.99 Å². The number of hydrogen-bond donors (Lipinski definition) is 2. The molecule has 0 radical (unpaired) electrons. The van der Waals surface area contributed by atoms with Gasteiger partial charge in [-0.3, -0.25) is 4.99 Å². The maximum absolute atomic E-state index is 11.7. The molecule has 0 spiro atoms. The quantitative estimate of drug-likeness (QED) is 0.829.